The first kappa shape index (κ1) is 17.9. The molecule has 3 N–H and O–H groups in total. The third-order valence-corrected chi connectivity index (χ3v) is 9.13. The van der Waals surface area contributed by atoms with Gasteiger partial charge in [0, 0.05) is 17.8 Å². The van der Waals surface area contributed by atoms with Crippen LogP contribution in [0.25, 0.3) is 0 Å². The van der Waals surface area contributed by atoms with Crippen molar-refractivity contribution in [3.63, 3.8) is 0 Å². The summed E-state index contributed by atoms with van der Waals surface area (Å²) >= 11 is 0. The van der Waals surface area contributed by atoms with Gasteiger partial charge >= 0.3 is 0 Å². The molecule has 0 aliphatic heterocycles. The number of carbonyl (C=O) groups excluding carboxylic acids is 1. The van der Waals surface area contributed by atoms with Crippen LogP contribution in [0.2, 0.25) is 0 Å². The number of fused-ring (bicyclic) bond motifs is 5. The average Bonchev–Trinajstić information content (AvgIpc) is 2.81. The molecule has 4 aliphatic rings. The summed E-state index contributed by atoms with van der Waals surface area (Å²) in [5.74, 6) is 1.49. The molecule has 4 aliphatic carbocycles. The Labute approximate surface area is 151 Å². The third kappa shape index (κ3) is 2.33. The van der Waals surface area contributed by atoms with Crippen molar-refractivity contribution in [2.75, 3.05) is 0 Å². The van der Waals surface area contributed by atoms with E-state index in [4.69, 9.17) is 0 Å². The van der Waals surface area contributed by atoms with E-state index >= 15 is 0 Å². The molecule has 0 amide bonds. The summed E-state index contributed by atoms with van der Waals surface area (Å²) in [7, 11) is 0. The molecule has 10 atom stereocenters. The standard InChI is InChI=1S/C21H34O4/c1-11(22)19-17(24)9-16-14-5-4-12-8-13(23)6-7-20(12,2)15(14)10-18(25)21(16,19)3/h11-17,19,22-24H,4-10H2,1-3H3/t11-,12+,13+,14+,15-,16+,17+,19+,20+,21-/m1/s1. The third-order valence-electron chi connectivity index (χ3n) is 9.13. The fraction of sp³-hybridized carbons (Fsp3) is 0.952. The Kier molecular flexibility index (Phi) is 4.14. The lowest BCUT2D eigenvalue weighted by Crippen LogP contribution is -2.58. The van der Waals surface area contributed by atoms with Crippen LogP contribution in [0.15, 0.2) is 0 Å². The molecule has 142 valence electrons. The Bertz CT molecular complexity index is 560. The molecule has 4 heteroatoms. The number of hydrogen-bond donors (Lipinski definition) is 3. The lowest BCUT2D eigenvalue weighted by molar-refractivity contribution is -0.163. The highest BCUT2D eigenvalue weighted by Crippen LogP contribution is 2.66. The Morgan fingerprint density at radius 3 is 2.48 bits per heavy atom. The van der Waals surface area contributed by atoms with Crippen molar-refractivity contribution in [2.45, 2.75) is 84.0 Å². The van der Waals surface area contributed by atoms with E-state index < -0.39 is 17.6 Å². The molecule has 0 radical (unpaired) electrons. The average molecular weight is 350 g/mol. The minimum absolute atomic E-state index is 0.146. The number of rotatable bonds is 1. The maximum atomic E-state index is 13.3. The molecule has 0 bridgehead atoms. The van der Waals surface area contributed by atoms with E-state index in [0.717, 1.165) is 32.1 Å². The first-order valence-corrected chi connectivity index (χ1v) is 10.3. The van der Waals surface area contributed by atoms with Gasteiger partial charge in [-0.15, -0.1) is 0 Å². The molecule has 0 unspecified atom stereocenters. The van der Waals surface area contributed by atoms with E-state index in [1.54, 1.807) is 6.92 Å². The van der Waals surface area contributed by atoms with Crippen molar-refractivity contribution in [3.8, 4) is 0 Å². The van der Waals surface area contributed by atoms with Gasteiger partial charge in [0.1, 0.15) is 5.78 Å². The number of hydrogen-bond acceptors (Lipinski definition) is 4. The Morgan fingerprint density at radius 1 is 1.08 bits per heavy atom. The Hall–Kier alpha value is -0.450. The lowest BCUT2D eigenvalue weighted by Gasteiger charge is -2.60. The van der Waals surface area contributed by atoms with Crippen LogP contribution in [0.1, 0.15) is 65.7 Å². The normalized spacial score (nSPS) is 56.7. The van der Waals surface area contributed by atoms with Crippen LogP contribution in [0.3, 0.4) is 0 Å². The fourth-order valence-electron chi connectivity index (χ4n) is 7.84. The van der Waals surface area contributed by atoms with E-state index in [-0.39, 0.29) is 29.1 Å². The molecule has 4 nitrogen and oxygen atoms in total. The zero-order valence-electron chi connectivity index (χ0n) is 15.8. The van der Waals surface area contributed by atoms with Gasteiger partial charge in [-0.1, -0.05) is 13.8 Å². The summed E-state index contributed by atoms with van der Waals surface area (Å²) in [6, 6.07) is 0. The number of aliphatic hydroxyl groups is 3. The molecule has 25 heavy (non-hydrogen) atoms. The molecule has 0 saturated heterocycles. The molecule has 4 saturated carbocycles. The summed E-state index contributed by atoms with van der Waals surface area (Å²) < 4.78 is 0. The highest BCUT2D eigenvalue weighted by Gasteiger charge is 2.66. The predicted molar refractivity (Wildman–Crippen MR) is 94.7 cm³/mol. The summed E-state index contributed by atoms with van der Waals surface area (Å²) in [6.07, 6.45) is 4.83. The van der Waals surface area contributed by atoms with E-state index in [0.29, 0.717) is 30.6 Å². The van der Waals surface area contributed by atoms with Gasteiger partial charge in [-0.25, -0.2) is 0 Å². The van der Waals surface area contributed by atoms with Crippen molar-refractivity contribution >= 4 is 5.78 Å². The maximum Gasteiger partial charge on any atom is 0.139 e. The Balaban J connectivity index is 1.69. The van der Waals surface area contributed by atoms with Crippen molar-refractivity contribution in [2.24, 2.45) is 40.4 Å². The zero-order valence-corrected chi connectivity index (χ0v) is 15.8. The fourth-order valence-corrected chi connectivity index (χ4v) is 7.84. The molecule has 0 aromatic carbocycles. The second-order valence-electron chi connectivity index (χ2n) is 10.1. The molecular formula is C21H34O4. The van der Waals surface area contributed by atoms with Crippen molar-refractivity contribution in [1.82, 2.24) is 0 Å². The summed E-state index contributed by atoms with van der Waals surface area (Å²) in [5.41, 5.74) is -0.431. The van der Waals surface area contributed by atoms with Crippen LogP contribution in [0.5, 0.6) is 0 Å². The van der Waals surface area contributed by atoms with E-state index in [2.05, 4.69) is 6.92 Å². The number of carbonyl (C=O) groups is 1. The van der Waals surface area contributed by atoms with Crippen molar-refractivity contribution in [1.29, 1.82) is 0 Å². The van der Waals surface area contributed by atoms with Gasteiger partial charge in [0.2, 0.25) is 0 Å². The van der Waals surface area contributed by atoms with Crippen LogP contribution in [-0.4, -0.2) is 39.4 Å². The minimum Gasteiger partial charge on any atom is -0.393 e. The molecule has 0 heterocycles. The molecule has 0 spiro atoms. The molecule has 4 fully saturated rings. The van der Waals surface area contributed by atoms with Crippen LogP contribution < -0.4 is 0 Å². The van der Waals surface area contributed by atoms with Crippen LogP contribution in [0, 0.1) is 40.4 Å². The predicted octanol–water partition coefficient (Wildman–Crippen LogP) is 2.54. The lowest BCUT2D eigenvalue weighted by atomic mass is 9.44. The van der Waals surface area contributed by atoms with Gasteiger partial charge < -0.3 is 15.3 Å². The van der Waals surface area contributed by atoms with Crippen LogP contribution >= 0.6 is 0 Å². The van der Waals surface area contributed by atoms with Crippen molar-refractivity contribution in [3.05, 3.63) is 0 Å². The molecule has 0 aromatic rings. The number of ketones is 1. The van der Waals surface area contributed by atoms with Gasteiger partial charge in [0.15, 0.2) is 0 Å². The quantitative estimate of drug-likeness (QED) is 0.679. The first-order chi connectivity index (χ1) is 11.7. The zero-order chi connectivity index (χ0) is 18.1. The van der Waals surface area contributed by atoms with Crippen molar-refractivity contribution < 1.29 is 20.1 Å². The minimum atomic E-state index is -0.651. The second-order valence-corrected chi connectivity index (χ2v) is 10.1. The van der Waals surface area contributed by atoms with E-state index in [1.807, 2.05) is 6.92 Å². The van der Waals surface area contributed by atoms with Crippen LogP contribution in [0.4, 0.5) is 0 Å². The molecular weight excluding hydrogens is 316 g/mol. The van der Waals surface area contributed by atoms with Crippen LogP contribution in [-0.2, 0) is 4.79 Å². The summed E-state index contributed by atoms with van der Waals surface area (Å²) in [5, 5.41) is 31.0. The van der Waals surface area contributed by atoms with Gasteiger partial charge in [0.25, 0.3) is 0 Å². The van der Waals surface area contributed by atoms with Gasteiger partial charge in [-0.05, 0) is 74.5 Å². The highest BCUT2D eigenvalue weighted by molar-refractivity contribution is 5.87. The molecule has 4 rings (SSSR count). The van der Waals surface area contributed by atoms with Gasteiger partial charge in [-0.3, -0.25) is 4.79 Å². The van der Waals surface area contributed by atoms with Gasteiger partial charge in [0.05, 0.1) is 18.3 Å². The SMILES string of the molecule is C[C@@H](O)[C@H]1[C@@H](O)C[C@H]2[C@H]3CC[C@H]4C[C@@H](O)CC[C@]4(C)[C@@H]3CC(=O)[C@]12C. The topological polar surface area (TPSA) is 77.8 Å². The van der Waals surface area contributed by atoms with E-state index in [9.17, 15) is 20.1 Å². The smallest absolute Gasteiger partial charge is 0.139 e. The van der Waals surface area contributed by atoms with E-state index in [1.165, 1.54) is 0 Å². The monoisotopic (exact) mass is 350 g/mol. The highest BCUT2D eigenvalue weighted by atomic mass is 16.3. The number of aliphatic hydroxyl groups excluding tert-OH is 3. The summed E-state index contributed by atoms with van der Waals surface area (Å²) in [4.78, 5) is 13.3. The summed E-state index contributed by atoms with van der Waals surface area (Å²) in [6.45, 7) is 6.10. The maximum absolute atomic E-state index is 13.3. The molecule has 0 aromatic heterocycles. The Morgan fingerprint density at radius 2 is 1.80 bits per heavy atom. The largest absolute Gasteiger partial charge is 0.393 e. The number of Topliss-reactive ketones (excluding diaryl/α,β-unsaturated/α-hetero) is 1. The van der Waals surface area contributed by atoms with Gasteiger partial charge in [-0.2, -0.15) is 0 Å². The second kappa shape index (κ2) is 5.77. The first-order valence-electron chi connectivity index (χ1n) is 10.3.